The van der Waals surface area contributed by atoms with Crippen molar-refractivity contribution in [1.29, 1.82) is 0 Å². The van der Waals surface area contributed by atoms with E-state index in [1.807, 2.05) is 35.1 Å². The average molecular weight is 273 g/mol. The summed E-state index contributed by atoms with van der Waals surface area (Å²) in [4.78, 5) is 0. The third-order valence-electron chi connectivity index (χ3n) is 3.48. The Labute approximate surface area is 120 Å². The molecule has 0 aliphatic heterocycles. The molecule has 2 aromatic rings. The third kappa shape index (κ3) is 3.83. The van der Waals surface area contributed by atoms with Gasteiger partial charge in [0.25, 0.3) is 0 Å². The highest BCUT2D eigenvalue weighted by atomic mass is 16.5. The van der Waals surface area contributed by atoms with Gasteiger partial charge in [0, 0.05) is 12.1 Å². The highest BCUT2D eigenvalue weighted by molar-refractivity contribution is 5.59. The van der Waals surface area contributed by atoms with E-state index in [4.69, 9.17) is 4.74 Å². The molecule has 0 aliphatic carbocycles. The molecule has 1 aromatic heterocycles. The van der Waals surface area contributed by atoms with Gasteiger partial charge in [0.2, 0.25) is 0 Å². The fourth-order valence-corrected chi connectivity index (χ4v) is 2.27. The Bertz CT molecular complexity index is 505. The van der Waals surface area contributed by atoms with Gasteiger partial charge in [-0.1, -0.05) is 37.8 Å². The first-order valence-electron chi connectivity index (χ1n) is 7.38. The fourth-order valence-electron chi connectivity index (χ4n) is 2.27. The van der Waals surface area contributed by atoms with E-state index in [0.29, 0.717) is 0 Å². The van der Waals surface area contributed by atoms with Crippen molar-refractivity contribution in [3.63, 3.8) is 0 Å². The number of unbranched alkanes of at least 4 members (excludes halogenated alkanes) is 4. The minimum atomic E-state index is 0.868. The summed E-state index contributed by atoms with van der Waals surface area (Å²) in [6, 6.07) is 8.03. The van der Waals surface area contributed by atoms with Crippen LogP contribution in [0.1, 0.15) is 39.0 Å². The predicted molar refractivity (Wildman–Crippen MR) is 80.8 cm³/mol. The standard InChI is InChI=1S/C16H23N3O/c1-3-4-5-6-7-12-19-16(13-17-18-19)14-8-10-15(20-2)11-9-14/h8-11,13H,3-7,12H2,1-2H3. The van der Waals surface area contributed by atoms with Crippen LogP contribution in [0.15, 0.2) is 30.5 Å². The Balaban J connectivity index is 1.96. The first-order chi connectivity index (χ1) is 9.85. The van der Waals surface area contributed by atoms with E-state index in [1.54, 1.807) is 7.11 Å². The minimum Gasteiger partial charge on any atom is -0.497 e. The average Bonchev–Trinajstić information content (AvgIpc) is 2.95. The Morgan fingerprint density at radius 1 is 1.05 bits per heavy atom. The summed E-state index contributed by atoms with van der Waals surface area (Å²) in [5.74, 6) is 0.868. The molecule has 0 saturated carbocycles. The second-order valence-corrected chi connectivity index (χ2v) is 4.99. The van der Waals surface area contributed by atoms with Gasteiger partial charge in [0.1, 0.15) is 5.75 Å². The van der Waals surface area contributed by atoms with Crippen molar-refractivity contribution in [2.75, 3.05) is 7.11 Å². The van der Waals surface area contributed by atoms with Gasteiger partial charge < -0.3 is 4.74 Å². The van der Waals surface area contributed by atoms with E-state index in [1.165, 1.54) is 25.7 Å². The lowest BCUT2D eigenvalue weighted by molar-refractivity contribution is 0.415. The molecule has 20 heavy (non-hydrogen) atoms. The van der Waals surface area contributed by atoms with Gasteiger partial charge in [0.05, 0.1) is 19.0 Å². The van der Waals surface area contributed by atoms with Crippen molar-refractivity contribution >= 4 is 0 Å². The highest BCUT2D eigenvalue weighted by Gasteiger charge is 2.06. The molecule has 4 nitrogen and oxygen atoms in total. The van der Waals surface area contributed by atoms with Crippen molar-refractivity contribution in [3.05, 3.63) is 30.5 Å². The van der Waals surface area contributed by atoms with Crippen LogP contribution in [-0.4, -0.2) is 22.1 Å². The number of aromatic nitrogens is 3. The maximum atomic E-state index is 5.18. The SMILES string of the molecule is CCCCCCCn1nncc1-c1ccc(OC)cc1. The lowest BCUT2D eigenvalue weighted by atomic mass is 10.1. The number of rotatable bonds is 8. The van der Waals surface area contributed by atoms with Gasteiger partial charge in [-0.3, -0.25) is 0 Å². The number of ether oxygens (including phenoxy) is 1. The van der Waals surface area contributed by atoms with Gasteiger partial charge in [-0.05, 0) is 30.7 Å². The van der Waals surface area contributed by atoms with Crippen molar-refractivity contribution in [2.24, 2.45) is 0 Å². The van der Waals surface area contributed by atoms with Gasteiger partial charge in [0.15, 0.2) is 0 Å². The second-order valence-electron chi connectivity index (χ2n) is 4.99. The van der Waals surface area contributed by atoms with Gasteiger partial charge >= 0.3 is 0 Å². The normalized spacial score (nSPS) is 10.7. The van der Waals surface area contributed by atoms with E-state index in [9.17, 15) is 0 Å². The van der Waals surface area contributed by atoms with Crippen molar-refractivity contribution in [2.45, 2.75) is 45.6 Å². The molecule has 0 saturated heterocycles. The summed E-state index contributed by atoms with van der Waals surface area (Å²) in [6.07, 6.45) is 8.16. The first kappa shape index (κ1) is 14.6. The first-order valence-corrected chi connectivity index (χ1v) is 7.38. The minimum absolute atomic E-state index is 0.868. The van der Waals surface area contributed by atoms with Crippen LogP contribution in [0.5, 0.6) is 5.75 Å². The largest absolute Gasteiger partial charge is 0.497 e. The van der Waals surface area contributed by atoms with E-state index in [2.05, 4.69) is 17.2 Å². The Hall–Kier alpha value is -1.84. The number of benzene rings is 1. The molecule has 1 heterocycles. The summed E-state index contributed by atoms with van der Waals surface area (Å²) in [7, 11) is 1.68. The second kappa shape index (κ2) is 7.68. The molecular formula is C16H23N3O. The zero-order valence-electron chi connectivity index (χ0n) is 12.4. The summed E-state index contributed by atoms with van der Waals surface area (Å²) < 4.78 is 7.17. The van der Waals surface area contributed by atoms with E-state index >= 15 is 0 Å². The van der Waals surface area contributed by atoms with E-state index in [-0.39, 0.29) is 0 Å². The van der Waals surface area contributed by atoms with Crippen LogP contribution in [0.25, 0.3) is 11.3 Å². The Morgan fingerprint density at radius 2 is 1.80 bits per heavy atom. The lowest BCUT2D eigenvalue weighted by Crippen LogP contribution is -2.02. The molecule has 0 fully saturated rings. The van der Waals surface area contributed by atoms with Crippen LogP contribution in [-0.2, 0) is 6.54 Å². The molecule has 4 heteroatoms. The number of hydrogen-bond acceptors (Lipinski definition) is 3. The molecule has 1 aromatic carbocycles. The third-order valence-corrected chi connectivity index (χ3v) is 3.48. The van der Waals surface area contributed by atoms with Crippen LogP contribution in [0.4, 0.5) is 0 Å². The molecule has 0 unspecified atom stereocenters. The maximum Gasteiger partial charge on any atom is 0.118 e. The van der Waals surface area contributed by atoms with Crippen LogP contribution < -0.4 is 4.74 Å². The summed E-state index contributed by atoms with van der Waals surface area (Å²) in [5.41, 5.74) is 2.20. The number of methoxy groups -OCH3 is 1. The van der Waals surface area contributed by atoms with Crippen LogP contribution in [0.3, 0.4) is 0 Å². The van der Waals surface area contributed by atoms with Crippen LogP contribution in [0, 0.1) is 0 Å². The summed E-state index contributed by atoms with van der Waals surface area (Å²) in [5, 5.41) is 8.23. The molecule has 0 N–H and O–H groups in total. The number of aryl methyl sites for hydroxylation is 1. The maximum absolute atomic E-state index is 5.18. The topological polar surface area (TPSA) is 39.9 Å². The molecule has 108 valence electrons. The fraction of sp³-hybridized carbons (Fsp3) is 0.500. The quantitative estimate of drug-likeness (QED) is 0.684. The Morgan fingerprint density at radius 3 is 2.50 bits per heavy atom. The van der Waals surface area contributed by atoms with Gasteiger partial charge in [-0.15, -0.1) is 5.10 Å². The molecule has 0 atom stereocenters. The van der Waals surface area contributed by atoms with Gasteiger partial charge in [-0.25, -0.2) is 4.68 Å². The molecule has 0 aliphatic rings. The Kier molecular flexibility index (Phi) is 5.59. The van der Waals surface area contributed by atoms with Crippen molar-refractivity contribution < 1.29 is 4.74 Å². The van der Waals surface area contributed by atoms with E-state index < -0.39 is 0 Å². The van der Waals surface area contributed by atoms with Crippen molar-refractivity contribution in [3.8, 4) is 17.0 Å². The summed E-state index contributed by atoms with van der Waals surface area (Å²) >= 11 is 0. The lowest BCUT2D eigenvalue weighted by Gasteiger charge is -2.07. The zero-order chi connectivity index (χ0) is 14.2. The number of hydrogen-bond donors (Lipinski definition) is 0. The summed E-state index contributed by atoms with van der Waals surface area (Å²) in [6.45, 7) is 3.17. The van der Waals surface area contributed by atoms with E-state index in [0.717, 1.165) is 30.0 Å². The molecular weight excluding hydrogens is 250 g/mol. The van der Waals surface area contributed by atoms with Gasteiger partial charge in [-0.2, -0.15) is 0 Å². The smallest absolute Gasteiger partial charge is 0.118 e. The monoisotopic (exact) mass is 273 g/mol. The van der Waals surface area contributed by atoms with Crippen molar-refractivity contribution in [1.82, 2.24) is 15.0 Å². The van der Waals surface area contributed by atoms with Crippen LogP contribution in [0.2, 0.25) is 0 Å². The molecule has 0 radical (unpaired) electrons. The predicted octanol–water partition coefficient (Wildman–Crippen LogP) is 3.92. The zero-order valence-corrected chi connectivity index (χ0v) is 12.4. The number of nitrogens with zero attached hydrogens (tertiary/aromatic N) is 3. The molecule has 2 rings (SSSR count). The van der Waals surface area contributed by atoms with Crippen LogP contribution >= 0.6 is 0 Å². The highest BCUT2D eigenvalue weighted by Crippen LogP contribution is 2.21. The molecule has 0 spiro atoms. The molecule has 0 bridgehead atoms. The molecule has 0 amide bonds.